The predicted molar refractivity (Wildman–Crippen MR) is 131 cm³/mol. The number of sulfonamides is 1. The van der Waals surface area contributed by atoms with Crippen LogP contribution in [0.2, 0.25) is 0 Å². The minimum atomic E-state index is -3.64. The first kappa shape index (κ1) is 22.7. The zero-order valence-corrected chi connectivity index (χ0v) is 20.1. The van der Waals surface area contributed by atoms with Crippen molar-refractivity contribution in [2.24, 2.45) is 0 Å². The summed E-state index contributed by atoms with van der Waals surface area (Å²) in [5.74, 6) is -0.445. The molecule has 2 fully saturated rings. The zero-order chi connectivity index (χ0) is 24.0. The maximum Gasteiger partial charge on any atom is 0.251 e. The van der Waals surface area contributed by atoms with Crippen molar-refractivity contribution in [3.8, 4) is 0 Å². The van der Waals surface area contributed by atoms with Gasteiger partial charge in [-0.15, -0.1) is 0 Å². The molecule has 0 saturated carbocycles. The Labute approximate surface area is 199 Å². The summed E-state index contributed by atoms with van der Waals surface area (Å²) in [4.78, 5) is 29.5. The smallest absolute Gasteiger partial charge is 0.251 e. The van der Waals surface area contributed by atoms with Gasteiger partial charge in [0.2, 0.25) is 15.9 Å². The largest absolute Gasteiger partial charge is 0.289 e. The lowest BCUT2D eigenvalue weighted by Gasteiger charge is -2.36. The SMILES string of the molecule is Cc1ccc(C)c(N2C(=O)C[C@@H](N3CCN(S(=O)(=O)c4ccc5ccccc5c4)CC3)C2=O)c1. The summed E-state index contributed by atoms with van der Waals surface area (Å²) < 4.78 is 28.0. The fourth-order valence-electron chi connectivity index (χ4n) is 4.85. The lowest BCUT2D eigenvalue weighted by atomic mass is 10.1. The molecular formula is C26H27N3O4S. The highest BCUT2D eigenvalue weighted by Gasteiger charge is 2.44. The molecule has 2 aliphatic heterocycles. The maximum atomic E-state index is 13.3. The van der Waals surface area contributed by atoms with Crippen LogP contribution < -0.4 is 4.90 Å². The van der Waals surface area contributed by atoms with Gasteiger partial charge in [0.25, 0.3) is 5.91 Å². The highest BCUT2D eigenvalue weighted by atomic mass is 32.2. The lowest BCUT2D eigenvalue weighted by Crippen LogP contribution is -2.53. The molecule has 8 heteroatoms. The van der Waals surface area contributed by atoms with Crippen LogP contribution in [0.1, 0.15) is 17.5 Å². The predicted octanol–water partition coefficient (Wildman–Crippen LogP) is 3.10. The van der Waals surface area contributed by atoms with Crippen LogP contribution in [0, 0.1) is 13.8 Å². The molecule has 0 aromatic heterocycles. The number of aryl methyl sites for hydroxylation is 2. The summed E-state index contributed by atoms with van der Waals surface area (Å²) in [6.45, 7) is 5.17. The van der Waals surface area contributed by atoms with Gasteiger partial charge < -0.3 is 0 Å². The number of hydrogen-bond donors (Lipinski definition) is 0. The maximum absolute atomic E-state index is 13.3. The van der Waals surface area contributed by atoms with Crippen molar-refractivity contribution in [2.75, 3.05) is 31.1 Å². The topological polar surface area (TPSA) is 78.0 Å². The summed E-state index contributed by atoms with van der Waals surface area (Å²) in [5.41, 5.74) is 2.49. The van der Waals surface area contributed by atoms with Crippen molar-refractivity contribution in [3.63, 3.8) is 0 Å². The van der Waals surface area contributed by atoms with Gasteiger partial charge in [-0.25, -0.2) is 13.3 Å². The number of carbonyl (C=O) groups excluding carboxylic acids is 2. The van der Waals surface area contributed by atoms with Crippen LogP contribution in [-0.4, -0.2) is 61.7 Å². The van der Waals surface area contributed by atoms with Crippen LogP contribution in [0.5, 0.6) is 0 Å². The Morgan fingerprint density at radius 3 is 2.26 bits per heavy atom. The van der Waals surface area contributed by atoms with Crippen molar-refractivity contribution in [1.82, 2.24) is 9.21 Å². The summed E-state index contributed by atoms with van der Waals surface area (Å²) in [5, 5.41) is 1.87. The molecule has 176 valence electrons. The van der Waals surface area contributed by atoms with Crippen molar-refractivity contribution in [1.29, 1.82) is 0 Å². The molecule has 0 N–H and O–H groups in total. The zero-order valence-electron chi connectivity index (χ0n) is 19.3. The van der Waals surface area contributed by atoms with Crippen molar-refractivity contribution < 1.29 is 18.0 Å². The van der Waals surface area contributed by atoms with E-state index in [1.165, 1.54) is 9.21 Å². The Kier molecular flexibility index (Phi) is 5.75. The molecule has 2 aliphatic rings. The standard InChI is InChI=1S/C26H27N3O4S/c1-18-7-8-19(2)23(15-18)29-25(30)17-24(26(29)31)27-11-13-28(14-12-27)34(32,33)22-10-9-20-5-3-4-6-21(20)16-22/h3-10,15-16,24H,11-14,17H2,1-2H3/t24-/m1/s1. The van der Waals surface area contributed by atoms with E-state index in [1.807, 2.05) is 67.3 Å². The van der Waals surface area contributed by atoms with Crippen molar-refractivity contribution in [3.05, 3.63) is 71.8 Å². The van der Waals surface area contributed by atoms with Crippen LogP contribution in [0.3, 0.4) is 0 Å². The Morgan fingerprint density at radius 2 is 1.53 bits per heavy atom. The molecule has 0 radical (unpaired) electrons. The van der Waals surface area contributed by atoms with Gasteiger partial charge >= 0.3 is 0 Å². The van der Waals surface area contributed by atoms with Gasteiger partial charge in [0, 0.05) is 26.2 Å². The summed E-state index contributed by atoms with van der Waals surface area (Å²) in [6, 6.07) is 18.0. The van der Waals surface area contributed by atoms with E-state index < -0.39 is 16.1 Å². The molecule has 1 atom stereocenters. The van der Waals surface area contributed by atoms with E-state index in [2.05, 4.69) is 0 Å². The highest BCUT2D eigenvalue weighted by Crippen LogP contribution is 2.30. The normalized spacial score (nSPS) is 20.4. The third-order valence-electron chi connectivity index (χ3n) is 6.80. The molecule has 3 aromatic rings. The third kappa shape index (κ3) is 3.91. The number of imide groups is 1. The van der Waals surface area contributed by atoms with Gasteiger partial charge in [-0.1, -0.05) is 42.5 Å². The molecule has 0 unspecified atom stereocenters. The van der Waals surface area contributed by atoms with E-state index in [4.69, 9.17) is 0 Å². The third-order valence-corrected chi connectivity index (χ3v) is 8.70. The van der Waals surface area contributed by atoms with E-state index in [0.29, 0.717) is 18.8 Å². The number of benzene rings is 3. The summed E-state index contributed by atoms with van der Waals surface area (Å²) in [6.07, 6.45) is 0.115. The first-order valence-corrected chi connectivity index (χ1v) is 12.9. The fourth-order valence-corrected chi connectivity index (χ4v) is 6.31. The average Bonchev–Trinajstić information content (AvgIpc) is 3.14. The lowest BCUT2D eigenvalue weighted by molar-refractivity contribution is -0.123. The van der Waals surface area contributed by atoms with Crippen LogP contribution in [0.4, 0.5) is 5.69 Å². The minimum Gasteiger partial charge on any atom is -0.289 e. The number of piperazine rings is 1. The van der Waals surface area contributed by atoms with Gasteiger partial charge in [0.05, 0.1) is 23.0 Å². The van der Waals surface area contributed by atoms with Crippen molar-refractivity contribution >= 4 is 38.3 Å². The van der Waals surface area contributed by atoms with E-state index in [9.17, 15) is 18.0 Å². The number of nitrogens with zero attached hydrogens (tertiary/aromatic N) is 3. The molecule has 2 amide bonds. The molecule has 0 spiro atoms. The number of amides is 2. The number of rotatable bonds is 4. The van der Waals surface area contributed by atoms with Gasteiger partial charge in [0.15, 0.2) is 0 Å². The Morgan fingerprint density at radius 1 is 0.824 bits per heavy atom. The first-order valence-electron chi connectivity index (χ1n) is 11.4. The molecule has 0 bridgehead atoms. The monoisotopic (exact) mass is 477 g/mol. The molecule has 3 aromatic carbocycles. The van der Waals surface area contributed by atoms with Crippen LogP contribution in [-0.2, 0) is 19.6 Å². The Bertz CT molecular complexity index is 1390. The van der Waals surface area contributed by atoms with Gasteiger partial charge in [0.1, 0.15) is 0 Å². The molecule has 7 nitrogen and oxygen atoms in total. The van der Waals surface area contributed by atoms with E-state index >= 15 is 0 Å². The number of fused-ring (bicyclic) bond motifs is 1. The van der Waals surface area contributed by atoms with Crippen LogP contribution in [0.15, 0.2) is 65.6 Å². The average molecular weight is 478 g/mol. The summed E-state index contributed by atoms with van der Waals surface area (Å²) in [7, 11) is -3.64. The molecule has 34 heavy (non-hydrogen) atoms. The van der Waals surface area contributed by atoms with Crippen molar-refractivity contribution in [2.45, 2.75) is 31.2 Å². The first-order chi connectivity index (χ1) is 16.3. The molecule has 2 saturated heterocycles. The van der Waals surface area contributed by atoms with Crippen LogP contribution in [0.25, 0.3) is 10.8 Å². The molecular weight excluding hydrogens is 450 g/mol. The number of carbonyl (C=O) groups is 2. The van der Waals surface area contributed by atoms with E-state index in [0.717, 1.165) is 21.9 Å². The Hall–Kier alpha value is -3.07. The number of anilines is 1. The van der Waals surface area contributed by atoms with Crippen LogP contribution >= 0.6 is 0 Å². The van der Waals surface area contributed by atoms with Gasteiger partial charge in [-0.3, -0.25) is 14.5 Å². The van der Waals surface area contributed by atoms with Gasteiger partial charge in [-0.2, -0.15) is 4.31 Å². The molecule has 0 aliphatic carbocycles. The van der Waals surface area contributed by atoms with E-state index in [1.54, 1.807) is 12.1 Å². The minimum absolute atomic E-state index is 0.115. The quantitative estimate of drug-likeness (QED) is 0.540. The fraction of sp³-hybridized carbons (Fsp3) is 0.308. The molecule has 2 heterocycles. The highest BCUT2D eigenvalue weighted by molar-refractivity contribution is 7.89. The molecule has 5 rings (SSSR count). The second-order valence-electron chi connectivity index (χ2n) is 9.03. The Balaban J connectivity index is 1.30. The second kappa shape index (κ2) is 8.61. The van der Waals surface area contributed by atoms with Gasteiger partial charge in [-0.05, 0) is 53.9 Å². The second-order valence-corrected chi connectivity index (χ2v) is 11.0. The number of hydrogen-bond acceptors (Lipinski definition) is 5. The summed E-state index contributed by atoms with van der Waals surface area (Å²) >= 11 is 0. The van der Waals surface area contributed by atoms with E-state index in [-0.39, 0.29) is 36.2 Å².